The number of nitrogens with one attached hydrogen (secondary N) is 1. The van der Waals surface area contributed by atoms with Crippen molar-refractivity contribution in [3.63, 3.8) is 0 Å². The molecule has 0 fully saturated rings. The summed E-state index contributed by atoms with van der Waals surface area (Å²) in [4.78, 5) is 18.8. The number of hydrogen-bond acceptors (Lipinski definition) is 6. The standard InChI is InChI=1S/C18H20ClN5O4S/c1-11-7-12(2)18(14(19)8-11)20-17(25)10-28-24-16-9-13(29(26,27)23(3)4)5-6-15(16)21-22-24/h5-9H,10H2,1-4H3,(H,20,25). The SMILES string of the molecule is Cc1cc(C)c(NC(=O)COn2nnc3ccc(S(=O)(=O)N(C)C)cc32)c(Cl)c1. The molecular weight excluding hydrogens is 418 g/mol. The lowest BCUT2D eigenvalue weighted by atomic mass is 10.1. The van der Waals surface area contributed by atoms with Gasteiger partial charge in [0.05, 0.1) is 15.6 Å². The monoisotopic (exact) mass is 437 g/mol. The van der Waals surface area contributed by atoms with Gasteiger partial charge in [0.1, 0.15) is 11.0 Å². The summed E-state index contributed by atoms with van der Waals surface area (Å²) in [6, 6.07) is 8.01. The second-order valence-corrected chi connectivity index (χ2v) is 9.22. The fourth-order valence-corrected chi connectivity index (χ4v) is 4.00. The van der Waals surface area contributed by atoms with Crippen molar-refractivity contribution in [2.24, 2.45) is 0 Å². The molecule has 3 rings (SSSR count). The number of amides is 1. The summed E-state index contributed by atoms with van der Waals surface area (Å²) in [7, 11) is -0.756. The maximum absolute atomic E-state index is 12.3. The second kappa shape index (κ2) is 7.97. The van der Waals surface area contributed by atoms with E-state index in [1.807, 2.05) is 19.9 Å². The third-order valence-electron chi connectivity index (χ3n) is 4.18. The van der Waals surface area contributed by atoms with Crippen molar-refractivity contribution in [1.29, 1.82) is 0 Å². The van der Waals surface area contributed by atoms with Crippen molar-refractivity contribution < 1.29 is 18.0 Å². The molecule has 1 amide bonds. The third-order valence-corrected chi connectivity index (χ3v) is 6.29. The van der Waals surface area contributed by atoms with Gasteiger partial charge in [-0.3, -0.25) is 4.79 Å². The number of sulfonamides is 1. The molecule has 1 heterocycles. The number of benzene rings is 2. The van der Waals surface area contributed by atoms with E-state index in [2.05, 4.69) is 15.6 Å². The molecule has 0 aliphatic carbocycles. The zero-order valence-electron chi connectivity index (χ0n) is 16.3. The Bertz CT molecular complexity index is 1170. The molecule has 0 saturated heterocycles. The fraction of sp³-hybridized carbons (Fsp3) is 0.278. The lowest BCUT2D eigenvalue weighted by Crippen LogP contribution is -2.26. The van der Waals surface area contributed by atoms with Gasteiger partial charge in [-0.15, -0.1) is 5.10 Å². The number of aryl methyl sites for hydroxylation is 2. The van der Waals surface area contributed by atoms with Crippen molar-refractivity contribution in [2.75, 3.05) is 26.0 Å². The lowest BCUT2D eigenvalue weighted by molar-refractivity contribution is -0.121. The maximum atomic E-state index is 12.3. The van der Waals surface area contributed by atoms with Crippen molar-refractivity contribution in [2.45, 2.75) is 18.7 Å². The molecule has 1 aromatic heterocycles. The molecule has 0 aliphatic rings. The number of anilines is 1. The van der Waals surface area contributed by atoms with Crippen molar-refractivity contribution >= 4 is 44.3 Å². The van der Waals surface area contributed by atoms with Gasteiger partial charge >= 0.3 is 0 Å². The molecule has 0 saturated carbocycles. The highest BCUT2D eigenvalue weighted by Crippen LogP contribution is 2.27. The Hall–Kier alpha value is -2.69. The number of aromatic nitrogens is 3. The molecule has 0 radical (unpaired) electrons. The van der Waals surface area contributed by atoms with Crippen LogP contribution in [0.25, 0.3) is 11.0 Å². The maximum Gasteiger partial charge on any atom is 0.265 e. The minimum atomic E-state index is -3.63. The first kappa shape index (κ1) is 21.0. The number of carbonyl (C=O) groups excluding carboxylic acids is 1. The Kier molecular flexibility index (Phi) is 5.78. The predicted octanol–water partition coefficient (Wildman–Crippen LogP) is 2.02. The van der Waals surface area contributed by atoms with Crippen LogP contribution >= 0.6 is 11.6 Å². The van der Waals surface area contributed by atoms with Crippen LogP contribution in [-0.2, 0) is 14.8 Å². The Balaban J connectivity index is 1.78. The Morgan fingerprint density at radius 1 is 1.24 bits per heavy atom. The van der Waals surface area contributed by atoms with Crippen LogP contribution in [0.15, 0.2) is 35.2 Å². The highest BCUT2D eigenvalue weighted by molar-refractivity contribution is 7.89. The first-order chi connectivity index (χ1) is 13.6. The molecule has 0 aliphatic heterocycles. The Labute approximate surface area is 173 Å². The van der Waals surface area contributed by atoms with Crippen LogP contribution in [0.2, 0.25) is 5.02 Å². The van der Waals surface area contributed by atoms with Crippen LogP contribution < -0.4 is 10.2 Å². The van der Waals surface area contributed by atoms with Crippen molar-refractivity contribution in [1.82, 2.24) is 19.5 Å². The molecule has 0 spiro atoms. The summed E-state index contributed by atoms with van der Waals surface area (Å²) >= 11 is 6.20. The van der Waals surface area contributed by atoms with Gasteiger partial charge in [-0.1, -0.05) is 22.5 Å². The molecule has 1 N–H and O–H groups in total. The van der Waals surface area contributed by atoms with E-state index in [1.165, 1.54) is 32.3 Å². The number of rotatable bonds is 6. The van der Waals surface area contributed by atoms with Crippen molar-refractivity contribution in [3.8, 4) is 0 Å². The van der Waals surface area contributed by atoms with Crippen LogP contribution in [0.3, 0.4) is 0 Å². The molecule has 2 aromatic carbocycles. The van der Waals surface area contributed by atoms with Crippen LogP contribution in [-0.4, -0.2) is 54.5 Å². The summed E-state index contributed by atoms with van der Waals surface area (Å²) in [6.07, 6.45) is 0. The first-order valence-corrected chi connectivity index (χ1v) is 10.4. The van der Waals surface area contributed by atoms with E-state index in [0.717, 1.165) is 20.3 Å². The minimum absolute atomic E-state index is 0.0636. The third kappa shape index (κ3) is 4.34. The zero-order chi connectivity index (χ0) is 21.3. The van der Waals surface area contributed by atoms with E-state index >= 15 is 0 Å². The summed E-state index contributed by atoms with van der Waals surface area (Å²) in [5, 5.41) is 10.9. The average molecular weight is 438 g/mol. The molecule has 0 bridgehead atoms. The lowest BCUT2D eigenvalue weighted by Gasteiger charge is -2.12. The summed E-state index contributed by atoms with van der Waals surface area (Å²) in [5.41, 5.74) is 3.08. The first-order valence-electron chi connectivity index (χ1n) is 8.57. The number of fused-ring (bicyclic) bond motifs is 1. The number of carbonyl (C=O) groups is 1. The normalized spacial score (nSPS) is 11.8. The molecule has 0 unspecified atom stereocenters. The van der Waals surface area contributed by atoms with E-state index in [9.17, 15) is 13.2 Å². The van der Waals surface area contributed by atoms with Gasteiger partial charge < -0.3 is 10.2 Å². The van der Waals surface area contributed by atoms with Gasteiger partial charge in [-0.2, -0.15) is 0 Å². The highest BCUT2D eigenvalue weighted by Gasteiger charge is 2.19. The Morgan fingerprint density at radius 3 is 2.62 bits per heavy atom. The van der Waals surface area contributed by atoms with Crippen LogP contribution in [0, 0.1) is 13.8 Å². The molecule has 29 heavy (non-hydrogen) atoms. The van der Waals surface area contributed by atoms with Crippen molar-refractivity contribution in [3.05, 3.63) is 46.5 Å². The van der Waals surface area contributed by atoms with E-state index in [0.29, 0.717) is 21.7 Å². The van der Waals surface area contributed by atoms with E-state index in [4.69, 9.17) is 16.4 Å². The van der Waals surface area contributed by atoms with Gasteiger partial charge in [0.15, 0.2) is 6.61 Å². The molecule has 154 valence electrons. The summed E-state index contributed by atoms with van der Waals surface area (Å²) in [5.74, 6) is -0.445. The van der Waals surface area contributed by atoms with E-state index < -0.39 is 15.9 Å². The fourth-order valence-electron chi connectivity index (χ4n) is 2.71. The number of nitrogens with zero attached hydrogens (tertiary/aromatic N) is 4. The minimum Gasteiger partial charge on any atom is -0.385 e. The number of halogens is 1. The molecule has 9 nitrogen and oxygen atoms in total. The molecule has 11 heteroatoms. The van der Waals surface area contributed by atoms with Crippen LogP contribution in [0.1, 0.15) is 11.1 Å². The van der Waals surface area contributed by atoms with Gasteiger partial charge in [-0.05, 0) is 54.5 Å². The molecule has 3 aromatic rings. The quantitative estimate of drug-likeness (QED) is 0.632. The average Bonchev–Trinajstić information content (AvgIpc) is 3.05. The predicted molar refractivity (Wildman–Crippen MR) is 109 cm³/mol. The van der Waals surface area contributed by atoms with Crippen LogP contribution in [0.4, 0.5) is 5.69 Å². The zero-order valence-corrected chi connectivity index (χ0v) is 17.9. The van der Waals surface area contributed by atoms with E-state index in [1.54, 1.807) is 6.07 Å². The van der Waals surface area contributed by atoms with Gasteiger partial charge in [0, 0.05) is 14.1 Å². The van der Waals surface area contributed by atoms with Gasteiger partial charge in [0.2, 0.25) is 10.0 Å². The highest BCUT2D eigenvalue weighted by atomic mass is 35.5. The largest absolute Gasteiger partial charge is 0.385 e. The van der Waals surface area contributed by atoms with Crippen LogP contribution in [0.5, 0.6) is 0 Å². The Morgan fingerprint density at radius 2 is 1.97 bits per heavy atom. The van der Waals surface area contributed by atoms with E-state index in [-0.39, 0.29) is 11.5 Å². The van der Waals surface area contributed by atoms with Gasteiger partial charge in [0.25, 0.3) is 5.91 Å². The molecular formula is C18H20ClN5O4S. The topological polar surface area (TPSA) is 106 Å². The second-order valence-electron chi connectivity index (χ2n) is 6.66. The summed E-state index contributed by atoms with van der Waals surface area (Å²) in [6.45, 7) is 3.38. The molecule has 0 atom stereocenters. The van der Waals surface area contributed by atoms with Gasteiger partial charge in [-0.25, -0.2) is 12.7 Å². The number of hydrogen-bond donors (Lipinski definition) is 1. The smallest absolute Gasteiger partial charge is 0.265 e. The summed E-state index contributed by atoms with van der Waals surface area (Å²) < 4.78 is 25.7.